The van der Waals surface area contributed by atoms with Crippen molar-refractivity contribution in [2.45, 2.75) is 0 Å². The topological polar surface area (TPSA) is 77.4 Å². The van der Waals surface area contributed by atoms with Gasteiger partial charge in [0.2, 0.25) is 0 Å². The Hall–Kier alpha value is -3.38. The standard InChI is InChI=1S/C20H15ClN2O4/c1-27-20(26)16-12-23(19(25)15-8-4-3-7-14(15)16)22-18(24)11-10-13-6-2-5-9-17(13)21/h2-12H,1H3,(H,22,24). The van der Waals surface area contributed by atoms with E-state index in [9.17, 15) is 14.4 Å². The van der Waals surface area contributed by atoms with Crippen molar-refractivity contribution >= 4 is 40.3 Å². The highest BCUT2D eigenvalue weighted by Crippen LogP contribution is 2.17. The van der Waals surface area contributed by atoms with Crippen molar-refractivity contribution in [3.63, 3.8) is 0 Å². The summed E-state index contributed by atoms with van der Waals surface area (Å²) in [4.78, 5) is 36.9. The van der Waals surface area contributed by atoms with Crippen LogP contribution in [0, 0.1) is 0 Å². The summed E-state index contributed by atoms with van der Waals surface area (Å²) in [5.74, 6) is -1.16. The van der Waals surface area contributed by atoms with E-state index in [0.29, 0.717) is 16.0 Å². The van der Waals surface area contributed by atoms with Crippen LogP contribution in [0.3, 0.4) is 0 Å². The lowest BCUT2D eigenvalue weighted by Gasteiger charge is -2.11. The molecule has 2 aromatic carbocycles. The van der Waals surface area contributed by atoms with E-state index in [4.69, 9.17) is 16.3 Å². The van der Waals surface area contributed by atoms with Crippen molar-refractivity contribution in [3.8, 4) is 0 Å². The van der Waals surface area contributed by atoms with Crippen LogP contribution >= 0.6 is 11.6 Å². The number of methoxy groups -OCH3 is 1. The van der Waals surface area contributed by atoms with Gasteiger partial charge >= 0.3 is 5.97 Å². The first-order valence-electron chi connectivity index (χ1n) is 7.97. The normalized spacial score (nSPS) is 10.9. The van der Waals surface area contributed by atoms with Crippen molar-refractivity contribution in [3.05, 3.63) is 87.3 Å². The molecule has 1 aromatic heterocycles. The van der Waals surface area contributed by atoms with Crippen LogP contribution in [0.2, 0.25) is 5.02 Å². The molecule has 0 radical (unpaired) electrons. The van der Waals surface area contributed by atoms with Crippen LogP contribution in [0.25, 0.3) is 16.8 Å². The lowest BCUT2D eigenvalue weighted by atomic mass is 10.1. The van der Waals surface area contributed by atoms with Gasteiger partial charge in [-0.3, -0.25) is 15.0 Å². The minimum atomic E-state index is -0.610. The SMILES string of the molecule is COC(=O)c1cn(NC(=O)C=Cc2ccccc2Cl)c(=O)c2ccccc12. The number of esters is 1. The largest absolute Gasteiger partial charge is 0.465 e. The number of rotatable bonds is 4. The molecule has 1 N–H and O–H groups in total. The quantitative estimate of drug-likeness (QED) is 0.555. The molecule has 0 fully saturated rings. The summed E-state index contributed by atoms with van der Waals surface area (Å²) in [5, 5.41) is 1.24. The second kappa shape index (κ2) is 7.88. The molecule has 0 unspecified atom stereocenters. The molecule has 6 nitrogen and oxygen atoms in total. The summed E-state index contributed by atoms with van der Waals surface area (Å²) in [6.07, 6.45) is 4.03. The van der Waals surface area contributed by atoms with E-state index in [0.717, 1.165) is 4.68 Å². The Morgan fingerprint density at radius 3 is 2.44 bits per heavy atom. The third kappa shape index (κ3) is 3.91. The highest BCUT2D eigenvalue weighted by molar-refractivity contribution is 6.32. The molecule has 27 heavy (non-hydrogen) atoms. The maximum absolute atomic E-state index is 12.6. The third-order valence-corrected chi connectivity index (χ3v) is 4.22. The summed E-state index contributed by atoms with van der Waals surface area (Å²) in [6, 6.07) is 13.6. The predicted octanol–water partition coefficient (Wildman–Crippen LogP) is 3.23. The number of amides is 1. The van der Waals surface area contributed by atoms with Gasteiger partial charge in [0.15, 0.2) is 0 Å². The van der Waals surface area contributed by atoms with Crippen molar-refractivity contribution in [1.82, 2.24) is 4.68 Å². The van der Waals surface area contributed by atoms with Crippen LogP contribution in [0.1, 0.15) is 15.9 Å². The molecule has 3 aromatic rings. The van der Waals surface area contributed by atoms with E-state index in [1.165, 1.54) is 25.5 Å². The predicted molar refractivity (Wildman–Crippen MR) is 104 cm³/mol. The first-order valence-corrected chi connectivity index (χ1v) is 8.35. The molecule has 0 saturated carbocycles. The molecule has 3 rings (SSSR count). The number of pyridine rings is 1. The van der Waals surface area contributed by atoms with Gasteiger partial charge in [-0.15, -0.1) is 0 Å². The Balaban J connectivity index is 1.96. The molecule has 0 aliphatic carbocycles. The van der Waals surface area contributed by atoms with Gasteiger partial charge in [-0.1, -0.05) is 48.0 Å². The van der Waals surface area contributed by atoms with Crippen LogP contribution in [-0.2, 0) is 9.53 Å². The minimum absolute atomic E-state index is 0.170. The number of halogens is 1. The van der Waals surface area contributed by atoms with Crippen LogP contribution in [0.4, 0.5) is 0 Å². The lowest BCUT2D eigenvalue weighted by Crippen LogP contribution is -2.33. The number of nitrogens with zero attached hydrogens (tertiary/aromatic N) is 1. The third-order valence-electron chi connectivity index (χ3n) is 3.88. The summed E-state index contributed by atoms with van der Waals surface area (Å²) in [7, 11) is 1.25. The van der Waals surface area contributed by atoms with Crippen LogP contribution < -0.4 is 11.0 Å². The first kappa shape index (κ1) is 18.4. The van der Waals surface area contributed by atoms with Crippen molar-refractivity contribution in [2.24, 2.45) is 0 Å². The molecular formula is C20H15ClN2O4. The number of fused-ring (bicyclic) bond motifs is 1. The van der Waals surface area contributed by atoms with E-state index in [2.05, 4.69) is 5.43 Å². The molecule has 0 aliphatic heterocycles. The zero-order valence-electron chi connectivity index (χ0n) is 14.3. The Kier molecular flexibility index (Phi) is 5.38. The summed E-state index contributed by atoms with van der Waals surface area (Å²) < 4.78 is 5.73. The monoisotopic (exact) mass is 382 g/mol. The number of benzene rings is 2. The number of carbonyl (C=O) groups is 2. The number of hydrogen-bond donors (Lipinski definition) is 1. The molecule has 0 spiro atoms. The fourth-order valence-corrected chi connectivity index (χ4v) is 2.78. The minimum Gasteiger partial charge on any atom is -0.465 e. The lowest BCUT2D eigenvalue weighted by molar-refractivity contribution is -0.112. The Labute approximate surface area is 159 Å². The molecule has 1 amide bonds. The van der Waals surface area contributed by atoms with Crippen molar-refractivity contribution in [1.29, 1.82) is 0 Å². The second-order valence-corrected chi connectivity index (χ2v) is 5.99. The zero-order valence-corrected chi connectivity index (χ0v) is 15.1. The van der Waals surface area contributed by atoms with Crippen LogP contribution in [0.15, 0.2) is 65.6 Å². The van der Waals surface area contributed by atoms with E-state index in [-0.39, 0.29) is 10.9 Å². The van der Waals surface area contributed by atoms with Gasteiger partial charge in [0.05, 0.1) is 12.7 Å². The molecule has 0 atom stereocenters. The molecule has 1 heterocycles. The van der Waals surface area contributed by atoms with E-state index >= 15 is 0 Å². The van der Waals surface area contributed by atoms with E-state index in [1.54, 1.807) is 48.5 Å². The average molecular weight is 383 g/mol. The molecule has 136 valence electrons. The number of nitrogens with one attached hydrogen (secondary N) is 1. The van der Waals surface area contributed by atoms with Crippen LogP contribution in [0.5, 0.6) is 0 Å². The first-order chi connectivity index (χ1) is 13.0. The van der Waals surface area contributed by atoms with Gasteiger partial charge in [0.1, 0.15) is 0 Å². The highest BCUT2D eigenvalue weighted by Gasteiger charge is 2.15. The van der Waals surface area contributed by atoms with Crippen molar-refractivity contribution in [2.75, 3.05) is 12.5 Å². The molecule has 7 heteroatoms. The van der Waals surface area contributed by atoms with Gasteiger partial charge in [-0.25, -0.2) is 9.47 Å². The van der Waals surface area contributed by atoms with Gasteiger partial charge in [0.25, 0.3) is 11.5 Å². The van der Waals surface area contributed by atoms with E-state index < -0.39 is 17.4 Å². The number of hydrogen-bond acceptors (Lipinski definition) is 4. The number of aromatic nitrogens is 1. The maximum atomic E-state index is 12.6. The van der Waals surface area contributed by atoms with Gasteiger partial charge in [0, 0.05) is 28.1 Å². The summed E-state index contributed by atoms with van der Waals surface area (Å²) in [5.41, 5.74) is 2.81. The smallest absolute Gasteiger partial charge is 0.340 e. The average Bonchev–Trinajstić information content (AvgIpc) is 2.69. The fourth-order valence-electron chi connectivity index (χ4n) is 2.58. The Morgan fingerprint density at radius 2 is 1.74 bits per heavy atom. The van der Waals surface area contributed by atoms with Crippen LogP contribution in [-0.4, -0.2) is 23.7 Å². The van der Waals surface area contributed by atoms with Gasteiger partial charge in [-0.05, 0) is 23.8 Å². The Bertz CT molecular complexity index is 1120. The molecule has 0 saturated heterocycles. The highest BCUT2D eigenvalue weighted by atomic mass is 35.5. The second-order valence-electron chi connectivity index (χ2n) is 5.59. The fraction of sp³-hybridized carbons (Fsp3) is 0.0500. The summed E-state index contributed by atoms with van der Waals surface area (Å²) in [6.45, 7) is 0. The maximum Gasteiger partial charge on any atom is 0.340 e. The van der Waals surface area contributed by atoms with E-state index in [1.807, 2.05) is 0 Å². The summed E-state index contributed by atoms with van der Waals surface area (Å²) >= 11 is 6.04. The van der Waals surface area contributed by atoms with Gasteiger partial charge < -0.3 is 4.74 Å². The number of carbonyl (C=O) groups excluding carboxylic acids is 2. The molecule has 0 aliphatic rings. The van der Waals surface area contributed by atoms with Gasteiger partial charge in [-0.2, -0.15) is 0 Å². The number of ether oxygens (including phenoxy) is 1. The zero-order chi connectivity index (χ0) is 19.4. The Morgan fingerprint density at radius 1 is 1.07 bits per heavy atom. The molecular weight excluding hydrogens is 368 g/mol. The molecule has 0 bridgehead atoms. The van der Waals surface area contributed by atoms with Crippen molar-refractivity contribution < 1.29 is 14.3 Å².